The molecule has 1 aromatic rings. The number of aliphatic imine (C=N–C) groups is 1. The van der Waals surface area contributed by atoms with Gasteiger partial charge in [-0.25, -0.2) is 4.79 Å². The van der Waals surface area contributed by atoms with Crippen LogP contribution in [0.25, 0.3) is 0 Å². The van der Waals surface area contributed by atoms with Gasteiger partial charge in [0.1, 0.15) is 5.69 Å². The van der Waals surface area contributed by atoms with Crippen LogP contribution in [0.4, 0.5) is 5.69 Å². The van der Waals surface area contributed by atoms with Gasteiger partial charge in [-0.05, 0) is 31.5 Å². The van der Waals surface area contributed by atoms with Gasteiger partial charge in [0.15, 0.2) is 11.5 Å². The lowest BCUT2D eigenvalue weighted by atomic mass is 10.1. The molecule has 14 heavy (non-hydrogen) atoms. The van der Waals surface area contributed by atoms with E-state index >= 15 is 0 Å². The highest BCUT2D eigenvalue weighted by Crippen LogP contribution is 2.31. The van der Waals surface area contributed by atoms with Crippen molar-refractivity contribution in [3.63, 3.8) is 0 Å². The number of aromatic hydroxyl groups is 1. The Kier molecular flexibility index (Phi) is 2.79. The van der Waals surface area contributed by atoms with E-state index in [4.69, 9.17) is 0 Å². The van der Waals surface area contributed by atoms with E-state index in [1.165, 1.54) is 19.1 Å². The first-order valence-electron chi connectivity index (χ1n) is 3.98. The lowest BCUT2D eigenvalue weighted by Gasteiger charge is -2.04. The molecule has 0 amide bonds. The summed E-state index contributed by atoms with van der Waals surface area (Å²) >= 11 is 0. The number of ketones is 1. The topological polar surface area (TPSA) is 66.7 Å². The average Bonchev–Trinajstić information content (AvgIpc) is 2.10. The highest BCUT2D eigenvalue weighted by Gasteiger charge is 2.11. The maximum atomic E-state index is 11.1. The Morgan fingerprint density at radius 2 is 2.14 bits per heavy atom. The normalized spacial score (nSPS) is 9.29. The summed E-state index contributed by atoms with van der Waals surface area (Å²) in [4.78, 5) is 24.4. The highest BCUT2D eigenvalue weighted by atomic mass is 16.3. The number of isocyanates is 1. The summed E-state index contributed by atoms with van der Waals surface area (Å²) < 4.78 is 0. The Bertz CT molecular complexity index is 408. The van der Waals surface area contributed by atoms with Crippen LogP contribution in [0, 0.1) is 6.92 Å². The molecule has 0 radical (unpaired) electrons. The van der Waals surface area contributed by atoms with Crippen LogP contribution >= 0.6 is 0 Å². The van der Waals surface area contributed by atoms with Crippen LogP contribution in [0.1, 0.15) is 22.8 Å². The van der Waals surface area contributed by atoms with Gasteiger partial charge in [-0.1, -0.05) is 0 Å². The van der Waals surface area contributed by atoms with Crippen LogP contribution in [-0.2, 0) is 4.79 Å². The molecule has 4 nitrogen and oxygen atoms in total. The second-order valence-electron chi connectivity index (χ2n) is 2.94. The number of phenolic OH excluding ortho intramolecular Hbond substituents is 1. The molecule has 0 unspecified atom stereocenters. The Labute approximate surface area is 80.9 Å². The predicted octanol–water partition coefficient (Wildman–Crippen LogP) is 1.87. The molecule has 0 atom stereocenters. The highest BCUT2D eigenvalue weighted by molar-refractivity contribution is 5.98. The van der Waals surface area contributed by atoms with Gasteiger partial charge in [0.25, 0.3) is 0 Å². The summed E-state index contributed by atoms with van der Waals surface area (Å²) in [6, 6.07) is 3.05. The Morgan fingerprint density at radius 3 is 2.64 bits per heavy atom. The third kappa shape index (κ3) is 1.87. The van der Waals surface area contributed by atoms with Crippen molar-refractivity contribution in [1.29, 1.82) is 0 Å². The molecule has 72 valence electrons. The number of aryl methyl sites for hydroxylation is 1. The number of hydrogen-bond donors (Lipinski definition) is 1. The summed E-state index contributed by atoms with van der Waals surface area (Å²) in [5, 5.41) is 9.52. The van der Waals surface area contributed by atoms with Crippen LogP contribution in [-0.4, -0.2) is 17.0 Å². The Hall–Kier alpha value is -1.93. The molecule has 4 heteroatoms. The largest absolute Gasteiger partial charge is 0.505 e. The Morgan fingerprint density at radius 1 is 1.50 bits per heavy atom. The molecule has 1 rings (SSSR count). The zero-order chi connectivity index (χ0) is 10.7. The minimum absolute atomic E-state index is 0.0743. The van der Waals surface area contributed by atoms with Crippen molar-refractivity contribution in [1.82, 2.24) is 0 Å². The molecule has 0 saturated carbocycles. The number of phenols is 1. The van der Waals surface area contributed by atoms with E-state index in [1.54, 1.807) is 13.0 Å². The maximum absolute atomic E-state index is 11.1. The van der Waals surface area contributed by atoms with Crippen molar-refractivity contribution in [3.8, 4) is 5.75 Å². The molecule has 0 aromatic heterocycles. The summed E-state index contributed by atoms with van der Waals surface area (Å²) in [7, 11) is 0. The molecule has 1 aromatic carbocycles. The second-order valence-corrected chi connectivity index (χ2v) is 2.94. The maximum Gasteiger partial charge on any atom is 0.240 e. The van der Waals surface area contributed by atoms with Crippen molar-refractivity contribution in [2.45, 2.75) is 13.8 Å². The lowest BCUT2D eigenvalue weighted by Crippen LogP contribution is -1.93. The van der Waals surface area contributed by atoms with Crippen LogP contribution in [0.15, 0.2) is 17.1 Å². The SMILES string of the molecule is CC(=O)c1cc(C)cc(N=C=O)c1O. The van der Waals surface area contributed by atoms with Gasteiger partial charge in [-0.3, -0.25) is 4.79 Å². The summed E-state index contributed by atoms with van der Waals surface area (Å²) in [6.45, 7) is 3.08. The van der Waals surface area contributed by atoms with Gasteiger partial charge in [-0.15, -0.1) is 0 Å². The monoisotopic (exact) mass is 191 g/mol. The number of benzene rings is 1. The first-order chi connectivity index (χ1) is 6.56. The molecule has 0 bridgehead atoms. The zero-order valence-corrected chi connectivity index (χ0v) is 7.87. The molecule has 0 heterocycles. The van der Waals surface area contributed by atoms with E-state index in [0.29, 0.717) is 0 Å². The molecule has 0 aliphatic carbocycles. The molecule has 0 spiro atoms. The fourth-order valence-electron chi connectivity index (χ4n) is 1.16. The van der Waals surface area contributed by atoms with Gasteiger partial charge >= 0.3 is 0 Å². The minimum Gasteiger partial charge on any atom is -0.505 e. The lowest BCUT2D eigenvalue weighted by molar-refractivity contribution is 0.101. The predicted molar refractivity (Wildman–Crippen MR) is 50.6 cm³/mol. The zero-order valence-electron chi connectivity index (χ0n) is 7.87. The molecule has 0 saturated heterocycles. The summed E-state index contributed by atoms with van der Waals surface area (Å²) in [6.07, 6.45) is 1.32. The van der Waals surface area contributed by atoms with Gasteiger partial charge in [-0.2, -0.15) is 4.99 Å². The van der Waals surface area contributed by atoms with Crippen molar-refractivity contribution in [2.24, 2.45) is 4.99 Å². The number of nitrogens with zero attached hydrogens (tertiary/aromatic N) is 1. The van der Waals surface area contributed by atoms with Gasteiger partial charge in [0.2, 0.25) is 6.08 Å². The smallest absolute Gasteiger partial charge is 0.240 e. The van der Waals surface area contributed by atoms with E-state index in [-0.39, 0.29) is 22.8 Å². The van der Waals surface area contributed by atoms with E-state index in [2.05, 4.69) is 4.99 Å². The van der Waals surface area contributed by atoms with Crippen molar-refractivity contribution < 1.29 is 14.7 Å². The second kappa shape index (κ2) is 3.85. The first kappa shape index (κ1) is 10.2. The third-order valence-corrected chi connectivity index (χ3v) is 1.78. The molecule has 0 aliphatic heterocycles. The number of hydrogen-bond acceptors (Lipinski definition) is 4. The number of carbonyl (C=O) groups is 1. The van der Waals surface area contributed by atoms with Crippen LogP contribution < -0.4 is 0 Å². The van der Waals surface area contributed by atoms with Crippen LogP contribution in [0.5, 0.6) is 5.75 Å². The minimum atomic E-state index is -0.272. The summed E-state index contributed by atoms with van der Waals surface area (Å²) in [5.74, 6) is -0.542. The fraction of sp³-hybridized carbons (Fsp3) is 0.200. The van der Waals surface area contributed by atoms with Crippen LogP contribution in [0.2, 0.25) is 0 Å². The number of carbonyl (C=O) groups excluding carboxylic acids is 2. The molecule has 1 N–H and O–H groups in total. The van der Waals surface area contributed by atoms with Crippen molar-refractivity contribution >= 4 is 17.6 Å². The van der Waals surface area contributed by atoms with E-state index in [9.17, 15) is 14.7 Å². The summed E-state index contributed by atoms with van der Waals surface area (Å²) in [5.41, 5.74) is 0.992. The van der Waals surface area contributed by atoms with Gasteiger partial charge in [0.05, 0.1) is 5.56 Å². The first-order valence-corrected chi connectivity index (χ1v) is 3.98. The van der Waals surface area contributed by atoms with E-state index in [0.717, 1.165) is 5.56 Å². The molecule has 0 aliphatic rings. The van der Waals surface area contributed by atoms with Gasteiger partial charge in [0, 0.05) is 0 Å². The van der Waals surface area contributed by atoms with Gasteiger partial charge < -0.3 is 5.11 Å². The van der Waals surface area contributed by atoms with Crippen molar-refractivity contribution in [3.05, 3.63) is 23.3 Å². The van der Waals surface area contributed by atoms with E-state index in [1.807, 2.05) is 0 Å². The number of Topliss-reactive ketones (excluding diaryl/α,β-unsaturated/α-hetero) is 1. The average molecular weight is 191 g/mol. The standard InChI is InChI=1S/C10H9NO3/c1-6-3-8(7(2)13)10(14)9(4-6)11-5-12/h3-4,14H,1-2H3. The number of rotatable bonds is 2. The molecule has 0 fully saturated rings. The van der Waals surface area contributed by atoms with Crippen LogP contribution in [0.3, 0.4) is 0 Å². The molecular weight excluding hydrogens is 182 g/mol. The Balaban J connectivity index is 3.46. The third-order valence-electron chi connectivity index (χ3n) is 1.78. The quantitative estimate of drug-likeness (QED) is 0.440. The van der Waals surface area contributed by atoms with E-state index < -0.39 is 0 Å². The molecular formula is C10H9NO3. The fourth-order valence-corrected chi connectivity index (χ4v) is 1.16. The van der Waals surface area contributed by atoms with Crippen molar-refractivity contribution in [2.75, 3.05) is 0 Å².